The smallest absolute Gasteiger partial charge is 0.329 e. The van der Waals surface area contributed by atoms with Gasteiger partial charge in [0.2, 0.25) is 5.91 Å². The second-order valence-electron chi connectivity index (χ2n) is 7.42. The van der Waals surface area contributed by atoms with Gasteiger partial charge in [-0.05, 0) is 28.7 Å². The average molecular weight is 399 g/mol. The Morgan fingerprint density at radius 2 is 1.72 bits per heavy atom. The van der Waals surface area contributed by atoms with Crippen LogP contribution in [-0.2, 0) is 25.5 Å². The van der Waals surface area contributed by atoms with Gasteiger partial charge in [0.05, 0.1) is 6.42 Å². The van der Waals surface area contributed by atoms with Crippen LogP contribution in [0.5, 0.6) is 0 Å². The molecule has 2 N–H and O–H groups in total. The molecule has 0 unspecified atom stereocenters. The minimum atomic E-state index is -0.805. The molecule has 0 saturated heterocycles. The largest absolute Gasteiger partial charge is 0.454 e. The van der Waals surface area contributed by atoms with Crippen molar-refractivity contribution in [1.29, 1.82) is 0 Å². The van der Waals surface area contributed by atoms with Crippen LogP contribution in [0.1, 0.15) is 39.2 Å². The highest BCUT2D eigenvalue weighted by Gasteiger charge is 2.26. The van der Waals surface area contributed by atoms with Crippen LogP contribution in [0.4, 0.5) is 0 Å². The molecule has 0 aliphatic rings. The predicted octanol–water partition coefficient (Wildman–Crippen LogP) is 2.98. The molecule has 0 bridgehead atoms. The van der Waals surface area contributed by atoms with E-state index < -0.39 is 12.0 Å². The lowest BCUT2D eigenvalue weighted by atomic mass is 10.0. The highest BCUT2D eigenvalue weighted by atomic mass is 16.5. The molecule has 0 spiro atoms. The third kappa shape index (κ3) is 6.89. The van der Waals surface area contributed by atoms with E-state index in [-0.39, 0.29) is 30.8 Å². The van der Waals surface area contributed by atoms with E-state index in [0.29, 0.717) is 6.54 Å². The average Bonchev–Trinajstić information content (AvgIpc) is 2.70. The molecule has 0 saturated carbocycles. The molecule has 0 heterocycles. The van der Waals surface area contributed by atoms with Crippen LogP contribution in [-0.4, -0.2) is 37.0 Å². The van der Waals surface area contributed by atoms with E-state index in [1.165, 1.54) is 0 Å². The zero-order valence-electron chi connectivity index (χ0n) is 17.4. The first-order chi connectivity index (χ1) is 13.9. The Bertz CT molecular complexity index is 842. The highest BCUT2D eigenvalue weighted by molar-refractivity contribution is 5.92. The number of nitrogens with one attached hydrogen (secondary N) is 2. The van der Waals surface area contributed by atoms with E-state index >= 15 is 0 Å². The SMILES string of the molecule is CCCCNC(=O)COC(=O)[C@H](NC(=O)Cc1cccc2ccccc12)C(C)C. The zero-order chi connectivity index (χ0) is 21.2. The van der Waals surface area contributed by atoms with E-state index in [1.807, 2.05) is 63.2 Å². The van der Waals surface area contributed by atoms with E-state index in [9.17, 15) is 14.4 Å². The van der Waals surface area contributed by atoms with Gasteiger partial charge in [0.25, 0.3) is 5.91 Å². The lowest BCUT2D eigenvalue weighted by Gasteiger charge is -2.21. The maximum Gasteiger partial charge on any atom is 0.329 e. The minimum absolute atomic E-state index is 0.162. The van der Waals surface area contributed by atoms with E-state index in [1.54, 1.807) is 0 Å². The van der Waals surface area contributed by atoms with Crippen molar-refractivity contribution in [3.8, 4) is 0 Å². The third-order valence-electron chi connectivity index (χ3n) is 4.67. The number of rotatable bonds is 10. The molecule has 1 atom stereocenters. The second kappa shape index (κ2) is 11.2. The number of esters is 1. The van der Waals surface area contributed by atoms with Gasteiger partial charge in [-0.15, -0.1) is 0 Å². The molecule has 0 radical (unpaired) electrons. The Labute approximate surface area is 172 Å². The van der Waals surface area contributed by atoms with Crippen molar-refractivity contribution in [2.75, 3.05) is 13.2 Å². The summed E-state index contributed by atoms with van der Waals surface area (Å²) in [6.45, 7) is 5.89. The third-order valence-corrected chi connectivity index (χ3v) is 4.67. The van der Waals surface area contributed by atoms with Crippen LogP contribution in [0.3, 0.4) is 0 Å². The lowest BCUT2D eigenvalue weighted by Crippen LogP contribution is -2.46. The number of carbonyl (C=O) groups is 3. The maximum absolute atomic E-state index is 12.6. The quantitative estimate of drug-likeness (QED) is 0.476. The molecule has 2 amide bonds. The standard InChI is InChI=1S/C23H30N2O4/c1-4-5-13-24-21(27)15-29-23(28)22(16(2)3)25-20(26)14-18-11-8-10-17-9-6-7-12-19(17)18/h6-12,16,22H,4-5,13-15H2,1-3H3,(H,24,27)(H,25,26)/t22-/m1/s1. The van der Waals surface area contributed by atoms with Crippen molar-refractivity contribution in [2.45, 2.75) is 46.1 Å². The lowest BCUT2D eigenvalue weighted by molar-refractivity contribution is -0.152. The number of benzene rings is 2. The van der Waals surface area contributed by atoms with Crippen LogP contribution in [0.15, 0.2) is 42.5 Å². The van der Waals surface area contributed by atoms with Crippen molar-refractivity contribution in [3.63, 3.8) is 0 Å². The Kier molecular flexibility index (Phi) is 8.65. The highest BCUT2D eigenvalue weighted by Crippen LogP contribution is 2.19. The normalized spacial score (nSPS) is 11.9. The second-order valence-corrected chi connectivity index (χ2v) is 7.42. The van der Waals surface area contributed by atoms with E-state index in [2.05, 4.69) is 10.6 Å². The van der Waals surface area contributed by atoms with Crippen molar-refractivity contribution in [2.24, 2.45) is 5.92 Å². The fourth-order valence-corrected chi connectivity index (χ4v) is 3.02. The topological polar surface area (TPSA) is 84.5 Å². The number of carbonyl (C=O) groups excluding carboxylic acids is 3. The van der Waals surface area contributed by atoms with Gasteiger partial charge in [-0.2, -0.15) is 0 Å². The Hall–Kier alpha value is -2.89. The van der Waals surface area contributed by atoms with Crippen molar-refractivity contribution in [1.82, 2.24) is 10.6 Å². The summed E-state index contributed by atoms with van der Waals surface area (Å²) >= 11 is 0. The first-order valence-corrected chi connectivity index (χ1v) is 10.1. The fraction of sp³-hybridized carbons (Fsp3) is 0.435. The number of amides is 2. The van der Waals surface area contributed by atoms with E-state index in [0.717, 1.165) is 29.2 Å². The summed E-state index contributed by atoms with van der Waals surface area (Å²) in [6, 6.07) is 12.9. The molecule has 0 aromatic heterocycles. The van der Waals surface area contributed by atoms with Crippen molar-refractivity contribution in [3.05, 3.63) is 48.0 Å². The first-order valence-electron chi connectivity index (χ1n) is 10.1. The molecule has 2 aromatic carbocycles. The number of unbranched alkanes of at least 4 members (excludes halogenated alkanes) is 1. The molecule has 6 heteroatoms. The van der Waals surface area contributed by atoms with Crippen molar-refractivity contribution < 1.29 is 19.1 Å². The van der Waals surface area contributed by atoms with Crippen LogP contribution < -0.4 is 10.6 Å². The molecule has 29 heavy (non-hydrogen) atoms. The monoisotopic (exact) mass is 398 g/mol. The molecule has 2 aromatic rings. The summed E-state index contributed by atoms with van der Waals surface area (Å²) in [4.78, 5) is 36.7. The Morgan fingerprint density at radius 1 is 1.00 bits per heavy atom. The predicted molar refractivity (Wildman–Crippen MR) is 113 cm³/mol. The zero-order valence-corrected chi connectivity index (χ0v) is 17.4. The van der Waals surface area contributed by atoms with Crippen molar-refractivity contribution >= 4 is 28.6 Å². The summed E-state index contributed by atoms with van der Waals surface area (Å²) in [5, 5.41) is 7.53. The van der Waals surface area contributed by atoms with Crippen LogP contribution in [0.25, 0.3) is 10.8 Å². The first kappa shape index (κ1) is 22.4. The van der Waals surface area contributed by atoms with Crippen LogP contribution in [0.2, 0.25) is 0 Å². The maximum atomic E-state index is 12.6. The van der Waals surface area contributed by atoms with Gasteiger partial charge in [-0.25, -0.2) is 4.79 Å². The number of fused-ring (bicyclic) bond motifs is 1. The molecule has 0 aliphatic heterocycles. The van der Waals surface area contributed by atoms with Gasteiger partial charge in [0.1, 0.15) is 6.04 Å². The molecule has 156 valence electrons. The van der Waals surface area contributed by atoms with Gasteiger partial charge < -0.3 is 15.4 Å². The molecule has 0 aliphatic carbocycles. The van der Waals surface area contributed by atoms with E-state index in [4.69, 9.17) is 4.74 Å². The summed E-state index contributed by atoms with van der Waals surface area (Å²) in [7, 11) is 0. The molecular formula is C23H30N2O4. The number of hydrogen-bond donors (Lipinski definition) is 2. The van der Waals surface area contributed by atoms with Crippen LogP contribution >= 0.6 is 0 Å². The minimum Gasteiger partial charge on any atom is -0.454 e. The molecular weight excluding hydrogens is 368 g/mol. The van der Waals surface area contributed by atoms with Gasteiger partial charge in [-0.3, -0.25) is 9.59 Å². The van der Waals surface area contributed by atoms with Crippen LogP contribution in [0, 0.1) is 5.92 Å². The van der Waals surface area contributed by atoms with Gasteiger partial charge in [-0.1, -0.05) is 69.7 Å². The number of ether oxygens (including phenoxy) is 1. The summed E-state index contributed by atoms with van der Waals surface area (Å²) in [5.74, 6) is -1.36. The molecule has 6 nitrogen and oxygen atoms in total. The van der Waals surface area contributed by atoms with Gasteiger partial charge in [0.15, 0.2) is 6.61 Å². The van der Waals surface area contributed by atoms with Gasteiger partial charge in [0, 0.05) is 6.54 Å². The molecule has 2 rings (SSSR count). The fourth-order valence-electron chi connectivity index (χ4n) is 3.02. The summed E-state index contributed by atoms with van der Waals surface area (Å²) < 4.78 is 5.11. The Balaban J connectivity index is 1.94. The van der Waals surface area contributed by atoms with Gasteiger partial charge >= 0.3 is 5.97 Å². The Morgan fingerprint density at radius 3 is 2.45 bits per heavy atom. The molecule has 0 fully saturated rings. The number of hydrogen-bond acceptors (Lipinski definition) is 4. The summed E-state index contributed by atoms with van der Waals surface area (Å²) in [6.07, 6.45) is 2.01. The summed E-state index contributed by atoms with van der Waals surface area (Å²) in [5.41, 5.74) is 0.895.